The molecule has 3 unspecified atom stereocenters. The van der Waals surface area contributed by atoms with Crippen LogP contribution in [0.4, 0.5) is 4.79 Å². The van der Waals surface area contributed by atoms with Crippen LogP contribution < -0.4 is 10.6 Å². The van der Waals surface area contributed by atoms with Crippen LogP contribution >= 0.6 is 0 Å². The number of benzene rings is 2. The van der Waals surface area contributed by atoms with Crippen molar-refractivity contribution in [2.45, 2.75) is 84.2 Å². The Hall–Kier alpha value is -4.76. The van der Waals surface area contributed by atoms with Gasteiger partial charge in [0.15, 0.2) is 0 Å². The van der Waals surface area contributed by atoms with Gasteiger partial charge in [0.2, 0.25) is 5.91 Å². The molecule has 0 radical (unpaired) electrons. The average molecular weight is 574 g/mol. The summed E-state index contributed by atoms with van der Waals surface area (Å²) in [4.78, 5) is 54.1. The van der Waals surface area contributed by atoms with E-state index in [1.54, 1.807) is 65.8 Å². The molecule has 0 spiro atoms. The van der Waals surface area contributed by atoms with Crippen LogP contribution in [0.3, 0.4) is 0 Å². The Morgan fingerprint density at radius 3 is 1.98 bits per heavy atom. The van der Waals surface area contributed by atoms with Gasteiger partial charge in [-0.3, -0.25) is 14.5 Å². The van der Waals surface area contributed by atoms with Crippen molar-refractivity contribution in [3.63, 3.8) is 0 Å². The number of rotatable bonds is 9. The third-order valence-electron chi connectivity index (χ3n) is 5.69. The summed E-state index contributed by atoms with van der Waals surface area (Å²) >= 11 is 0. The molecule has 42 heavy (non-hydrogen) atoms. The lowest BCUT2D eigenvalue weighted by molar-refractivity contribution is -0.159. The zero-order chi connectivity index (χ0) is 31.7. The predicted octanol–water partition coefficient (Wildman–Crippen LogP) is 4.11. The van der Waals surface area contributed by atoms with Crippen LogP contribution in [0.15, 0.2) is 54.6 Å². The molecule has 0 heterocycles. The Morgan fingerprint density at radius 2 is 1.43 bits per heavy atom. The van der Waals surface area contributed by atoms with Gasteiger partial charge >= 0.3 is 12.1 Å². The smallest absolute Gasteiger partial charge is 0.408 e. The molecule has 3 atom stereocenters. The Morgan fingerprint density at radius 1 is 0.857 bits per heavy atom. The van der Waals surface area contributed by atoms with E-state index in [1.165, 1.54) is 6.92 Å². The fraction of sp³-hybridized carbons (Fsp3) is 0.394. The molecular weight excluding hydrogens is 534 g/mol. The summed E-state index contributed by atoms with van der Waals surface area (Å²) < 4.78 is 10.8. The molecule has 9 nitrogen and oxygen atoms in total. The van der Waals surface area contributed by atoms with E-state index in [9.17, 15) is 19.2 Å². The number of nitrogens with zero attached hydrogens (tertiary/aromatic N) is 1. The van der Waals surface area contributed by atoms with E-state index in [0.29, 0.717) is 5.56 Å². The van der Waals surface area contributed by atoms with Crippen LogP contribution in [0.2, 0.25) is 0 Å². The Bertz CT molecular complexity index is 1360. The highest BCUT2D eigenvalue weighted by molar-refractivity contribution is 5.95. The van der Waals surface area contributed by atoms with Crippen LogP contribution in [-0.2, 0) is 30.3 Å². The summed E-state index contributed by atoms with van der Waals surface area (Å²) in [6.45, 7) is 11.6. The monoisotopic (exact) mass is 573 g/mol. The van der Waals surface area contributed by atoms with E-state index in [2.05, 4.69) is 22.6 Å². The molecule has 2 N–H and O–H groups in total. The summed E-state index contributed by atoms with van der Waals surface area (Å²) in [6.07, 6.45) is 10.8. The van der Waals surface area contributed by atoms with Gasteiger partial charge in [0.05, 0.1) is 0 Å². The second-order valence-electron chi connectivity index (χ2n) is 11.6. The van der Waals surface area contributed by atoms with E-state index >= 15 is 0 Å². The molecule has 0 saturated heterocycles. The molecule has 9 heteroatoms. The van der Waals surface area contributed by atoms with Gasteiger partial charge in [0.1, 0.15) is 29.3 Å². The largest absolute Gasteiger partial charge is 0.458 e. The first-order chi connectivity index (χ1) is 19.6. The van der Waals surface area contributed by atoms with Crippen molar-refractivity contribution in [2.24, 2.45) is 0 Å². The standard InChI is InChI=1S/C33H39N3O6/c1-10-24-19-15-16-20-25(24)27(36(11-2)29(38)22(3)34-31(40)42-33(7,8)9)28(37)35-26(30(39)41-32(4,5)6)21-23-17-13-12-14-18-23/h1-2,12-20,22,26-27H,21H2,3-9H3,(H,34,40)(H,35,37). The third kappa shape index (κ3) is 10.0. The highest BCUT2D eigenvalue weighted by Gasteiger charge is 2.37. The maximum Gasteiger partial charge on any atom is 0.408 e. The predicted molar refractivity (Wildman–Crippen MR) is 160 cm³/mol. The van der Waals surface area contributed by atoms with Gasteiger partial charge in [-0.25, -0.2) is 9.59 Å². The number of amides is 3. The van der Waals surface area contributed by atoms with Gasteiger partial charge in [-0.2, -0.15) is 0 Å². The molecule has 0 saturated carbocycles. The molecule has 0 aliphatic heterocycles. The number of nitrogens with one attached hydrogen (secondary N) is 2. The fourth-order valence-electron chi connectivity index (χ4n) is 3.95. The number of ether oxygens (including phenoxy) is 2. The zero-order valence-corrected chi connectivity index (χ0v) is 25.2. The van der Waals surface area contributed by atoms with Crippen LogP contribution in [0.1, 0.15) is 71.2 Å². The Balaban J connectivity index is 2.51. The summed E-state index contributed by atoms with van der Waals surface area (Å²) in [7, 11) is 0. The molecule has 2 aromatic rings. The summed E-state index contributed by atoms with van der Waals surface area (Å²) in [5.41, 5.74) is -0.279. The second kappa shape index (κ2) is 14.2. The second-order valence-corrected chi connectivity index (χ2v) is 11.6. The third-order valence-corrected chi connectivity index (χ3v) is 5.69. The first kappa shape index (κ1) is 33.4. The van der Waals surface area contributed by atoms with Crippen molar-refractivity contribution in [3.05, 3.63) is 71.3 Å². The number of carbonyl (C=O) groups excluding carboxylic acids is 4. The van der Waals surface area contributed by atoms with Gasteiger partial charge in [-0.1, -0.05) is 60.9 Å². The SMILES string of the molecule is C#Cc1ccccc1C(C(=O)NC(Cc1ccccc1)C(=O)OC(C)(C)C)N(C#C)C(=O)C(C)NC(=O)OC(C)(C)C. The van der Waals surface area contributed by atoms with Gasteiger partial charge in [0, 0.05) is 23.6 Å². The summed E-state index contributed by atoms with van der Waals surface area (Å²) in [5.74, 6) is 0.316. The van der Waals surface area contributed by atoms with Crippen molar-refractivity contribution < 1.29 is 28.7 Å². The van der Waals surface area contributed by atoms with Crippen molar-refractivity contribution >= 4 is 23.9 Å². The van der Waals surface area contributed by atoms with Crippen LogP contribution in [0.25, 0.3) is 0 Å². The molecule has 0 aromatic heterocycles. The molecule has 2 rings (SSSR count). The van der Waals surface area contributed by atoms with E-state index in [0.717, 1.165) is 10.5 Å². The highest BCUT2D eigenvalue weighted by Crippen LogP contribution is 2.26. The quantitative estimate of drug-likeness (QED) is 0.265. The van der Waals surface area contributed by atoms with Crippen LogP contribution in [0, 0.1) is 24.8 Å². The molecule has 0 aliphatic rings. The van der Waals surface area contributed by atoms with Gasteiger partial charge in [-0.15, -0.1) is 6.42 Å². The lowest BCUT2D eigenvalue weighted by Crippen LogP contribution is -2.53. The Labute approximate surface area is 248 Å². The average Bonchev–Trinajstić information content (AvgIpc) is 2.89. The van der Waals surface area contributed by atoms with Crippen molar-refractivity contribution in [3.8, 4) is 24.8 Å². The molecule has 0 fully saturated rings. The number of alkyl carbamates (subject to hydrolysis) is 1. The Kier molecular flexibility index (Phi) is 11.3. The number of carbonyl (C=O) groups is 4. The number of hydrogen-bond donors (Lipinski definition) is 2. The lowest BCUT2D eigenvalue weighted by Gasteiger charge is -2.31. The summed E-state index contributed by atoms with van der Waals surface area (Å²) in [5, 5.41) is 5.18. The molecule has 2 aromatic carbocycles. The van der Waals surface area contributed by atoms with Gasteiger partial charge in [0.25, 0.3) is 5.91 Å². The van der Waals surface area contributed by atoms with E-state index < -0.39 is 53.2 Å². The molecule has 222 valence electrons. The summed E-state index contributed by atoms with van der Waals surface area (Å²) in [6, 6.07) is 14.1. The maximum absolute atomic E-state index is 14.0. The minimum atomic E-state index is -1.45. The number of hydrogen-bond acceptors (Lipinski definition) is 6. The van der Waals surface area contributed by atoms with Gasteiger partial charge in [-0.05, 0) is 60.1 Å². The normalized spacial score (nSPS) is 13.3. The van der Waals surface area contributed by atoms with Crippen LogP contribution in [0.5, 0.6) is 0 Å². The van der Waals surface area contributed by atoms with E-state index in [4.69, 9.17) is 22.3 Å². The van der Waals surface area contributed by atoms with Crippen LogP contribution in [-0.4, -0.2) is 52.1 Å². The first-order valence-corrected chi connectivity index (χ1v) is 13.5. The fourth-order valence-corrected chi connectivity index (χ4v) is 3.95. The minimum absolute atomic E-state index is 0.117. The highest BCUT2D eigenvalue weighted by atomic mass is 16.6. The molecule has 3 amide bonds. The molecular formula is C33H39N3O6. The van der Waals surface area contributed by atoms with Crippen molar-refractivity contribution in [1.82, 2.24) is 15.5 Å². The number of terminal acetylenes is 2. The number of esters is 1. The molecule has 0 bridgehead atoms. The van der Waals surface area contributed by atoms with E-state index in [-0.39, 0.29) is 12.0 Å². The lowest BCUT2D eigenvalue weighted by atomic mass is 9.97. The topological polar surface area (TPSA) is 114 Å². The van der Waals surface area contributed by atoms with Crippen molar-refractivity contribution in [2.75, 3.05) is 0 Å². The zero-order valence-electron chi connectivity index (χ0n) is 25.2. The maximum atomic E-state index is 14.0. The van der Waals surface area contributed by atoms with E-state index in [1.807, 2.05) is 30.3 Å². The minimum Gasteiger partial charge on any atom is -0.458 e. The first-order valence-electron chi connectivity index (χ1n) is 13.5. The molecule has 0 aliphatic carbocycles. The van der Waals surface area contributed by atoms with Gasteiger partial charge < -0.3 is 20.1 Å². The van der Waals surface area contributed by atoms with Crippen molar-refractivity contribution in [1.29, 1.82) is 0 Å².